The normalized spacial score (nSPS) is 15.0. The zero-order valence-corrected chi connectivity index (χ0v) is 22.6. The van der Waals surface area contributed by atoms with Crippen LogP contribution in [-0.2, 0) is 30.4 Å². The molecule has 1 aromatic carbocycles. The van der Waals surface area contributed by atoms with Crippen molar-refractivity contribution in [3.8, 4) is 0 Å². The first kappa shape index (κ1) is 31.6. The van der Waals surface area contributed by atoms with Crippen LogP contribution < -0.4 is 27.4 Å². The molecule has 0 saturated carbocycles. The van der Waals surface area contributed by atoms with E-state index in [9.17, 15) is 34.2 Å². The summed E-state index contributed by atoms with van der Waals surface area (Å²) in [7, 11) is 0. The first-order valence-corrected chi connectivity index (χ1v) is 13.7. The average Bonchev–Trinajstić information content (AvgIpc) is 3.29. The number of aromatic amines is 1. The van der Waals surface area contributed by atoms with Crippen LogP contribution in [-0.4, -0.2) is 87.1 Å². The van der Waals surface area contributed by atoms with Crippen LogP contribution in [0.25, 0.3) is 10.9 Å². The van der Waals surface area contributed by atoms with E-state index in [0.29, 0.717) is 5.75 Å². The lowest BCUT2D eigenvalue weighted by Crippen LogP contribution is -2.60. The van der Waals surface area contributed by atoms with Crippen LogP contribution in [0.4, 0.5) is 0 Å². The summed E-state index contributed by atoms with van der Waals surface area (Å²) in [5.74, 6) is -3.95. The van der Waals surface area contributed by atoms with Crippen molar-refractivity contribution in [1.82, 2.24) is 20.9 Å². The Labute approximate surface area is 229 Å². The van der Waals surface area contributed by atoms with Crippen molar-refractivity contribution in [2.75, 3.05) is 12.0 Å². The number of carbonyl (C=O) groups excluding carboxylic acids is 4. The predicted molar refractivity (Wildman–Crippen MR) is 147 cm³/mol. The molecule has 2 aromatic rings. The SMILES string of the molecule is CSCCC(NC(=O)C(N)Cc1c[nH]c2ccccc12)C(=O)NC(C(=O)NC(CCC(N)=O)C(=O)O)C(C)O. The molecule has 13 nitrogen and oxygen atoms in total. The zero-order valence-electron chi connectivity index (χ0n) is 21.8. The van der Waals surface area contributed by atoms with E-state index in [1.807, 2.05) is 30.5 Å². The Morgan fingerprint density at radius 1 is 1.00 bits per heavy atom. The molecule has 0 bridgehead atoms. The Kier molecular flexibility index (Phi) is 12.2. The summed E-state index contributed by atoms with van der Waals surface area (Å²) < 4.78 is 0. The summed E-state index contributed by atoms with van der Waals surface area (Å²) in [6.45, 7) is 1.25. The second-order valence-electron chi connectivity index (χ2n) is 9.14. The molecule has 0 saturated heterocycles. The Hall–Kier alpha value is -3.62. The molecule has 5 atom stereocenters. The van der Waals surface area contributed by atoms with Crippen molar-refractivity contribution in [3.63, 3.8) is 0 Å². The summed E-state index contributed by atoms with van der Waals surface area (Å²) in [6.07, 6.45) is 2.07. The minimum Gasteiger partial charge on any atom is -0.480 e. The maximum absolute atomic E-state index is 13.1. The van der Waals surface area contributed by atoms with E-state index < -0.39 is 59.9 Å². The Morgan fingerprint density at radius 2 is 1.67 bits per heavy atom. The van der Waals surface area contributed by atoms with E-state index in [1.54, 1.807) is 6.20 Å². The van der Waals surface area contributed by atoms with Crippen LogP contribution in [0, 0.1) is 0 Å². The number of carboxylic acid groups (broad SMARTS) is 1. The number of hydrogen-bond acceptors (Lipinski definition) is 8. The number of nitrogens with one attached hydrogen (secondary N) is 4. The van der Waals surface area contributed by atoms with Crippen LogP contribution in [0.2, 0.25) is 0 Å². The van der Waals surface area contributed by atoms with E-state index in [0.717, 1.165) is 16.5 Å². The minimum absolute atomic E-state index is 0.211. The van der Waals surface area contributed by atoms with Crippen LogP contribution in [0.3, 0.4) is 0 Å². The number of primary amides is 1. The number of thioether (sulfide) groups is 1. The molecule has 0 aliphatic carbocycles. The number of para-hydroxylation sites is 1. The number of H-pyrrole nitrogens is 1. The fourth-order valence-corrected chi connectivity index (χ4v) is 4.35. The number of rotatable bonds is 16. The van der Waals surface area contributed by atoms with Crippen LogP contribution in [0.15, 0.2) is 30.5 Å². The second kappa shape index (κ2) is 15.1. The lowest BCUT2D eigenvalue weighted by molar-refractivity contribution is -0.143. The van der Waals surface area contributed by atoms with E-state index >= 15 is 0 Å². The summed E-state index contributed by atoms with van der Waals surface area (Å²) in [4.78, 5) is 64.4. The molecule has 14 heteroatoms. The molecule has 1 aromatic heterocycles. The fourth-order valence-electron chi connectivity index (χ4n) is 3.88. The first-order valence-electron chi connectivity index (χ1n) is 12.3. The Morgan fingerprint density at radius 3 is 2.28 bits per heavy atom. The van der Waals surface area contributed by atoms with Crippen molar-refractivity contribution in [1.29, 1.82) is 0 Å². The van der Waals surface area contributed by atoms with Crippen LogP contribution >= 0.6 is 11.8 Å². The molecule has 10 N–H and O–H groups in total. The Balaban J connectivity index is 2.09. The van der Waals surface area contributed by atoms with Crippen molar-refractivity contribution in [2.24, 2.45) is 11.5 Å². The van der Waals surface area contributed by atoms with E-state index in [2.05, 4.69) is 20.9 Å². The van der Waals surface area contributed by atoms with Gasteiger partial charge in [0, 0.05) is 23.5 Å². The van der Waals surface area contributed by atoms with Crippen molar-refractivity contribution >= 4 is 52.3 Å². The van der Waals surface area contributed by atoms with Crippen molar-refractivity contribution < 1.29 is 34.2 Å². The highest BCUT2D eigenvalue weighted by atomic mass is 32.2. The number of amides is 4. The van der Waals surface area contributed by atoms with Gasteiger partial charge in [-0.2, -0.15) is 11.8 Å². The highest BCUT2D eigenvalue weighted by Gasteiger charge is 2.32. The number of carboxylic acids is 1. The van der Waals surface area contributed by atoms with Gasteiger partial charge >= 0.3 is 5.97 Å². The van der Waals surface area contributed by atoms with Gasteiger partial charge in [0.05, 0.1) is 12.1 Å². The molecule has 0 spiro atoms. The fraction of sp³-hybridized carbons (Fsp3) is 0.480. The predicted octanol–water partition coefficient (Wildman–Crippen LogP) is -1.02. The maximum atomic E-state index is 13.1. The third kappa shape index (κ3) is 9.57. The molecular weight excluding hydrogens is 528 g/mol. The topological polar surface area (TPSA) is 230 Å². The van der Waals surface area contributed by atoms with Crippen molar-refractivity contribution in [2.45, 2.75) is 62.9 Å². The van der Waals surface area contributed by atoms with Gasteiger partial charge in [-0.1, -0.05) is 18.2 Å². The molecule has 4 amide bonds. The van der Waals surface area contributed by atoms with Crippen LogP contribution in [0.5, 0.6) is 0 Å². The van der Waals surface area contributed by atoms with Gasteiger partial charge in [0.2, 0.25) is 23.6 Å². The third-order valence-electron chi connectivity index (χ3n) is 6.05. The molecule has 2 rings (SSSR count). The van der Waals surface area contributed by atoms with E-state index in [4.69, 9.17) is 11.5 Å². The molecule has 0 aliphatic rings. The second-order valence-corrected chi connectivity index (χ2v) is 10.1. The number of benzene rings is 1. The molecule has 0 fully saturated rings. The van der Waals surface area contributed by atoms with Gasteiger partial charge in [0.25, 0.3) is 0 Å². The minimum atomic E-state index is -1.53. The molecule has 1 heterocycles. The van der Waals surface area contributed by atoms with E-state index in [1.165, 1.54) is 18.7 Å². The van der Waals surface area contributed by atoms with Gasteiger partial charge in [0.1, 0.15) is 18.1 Å². The standard InChI is InChI=1S/C25H36N6O7S/c1-13(32)21(24(36)30-19(25(37)38)7-8-20(27)33)31-23(35)18(9-10-39-2)29-22(34)16(26)11-14-12-28-17-6-4-3-5-15(14)17/h3-6,12-13,16,18-19,21,28,32H,7-11,26H2,1-2H3,(H2,27,33)(H,29,34)(H,30,36)(H,31,35)(H,37,38). The van der Waals surface area contributed by atoms with Gasteiger partial charge in [0.15, 0.2) is 0 Å². The molecule has 5 unspecified atom stereocenters. The number of aromatic nitrogens is 1. The number of hydrogen-bond donors (Lipinski definition) is 8. The van der Waals surface area contributed by atoms with Crippen LogP contribution in [0.1, 0.15) is 31.7 Å². The van der Waals surface area contributed by atoms with Gasteiger partial charge in [-0.25, -0.2) is 4.79 Å². The number of aliphatic carboxylic acids is 1. The summed E-state index contributed by atoms with van der Waals surface area (Å²) in [5.41, 5.74) is 12.9. The number of aliphatic hydroxyl groups is 1. The highest BCUT2D eigenvalue weighted by molar-refractivity contribution is 7.98. The highest BCUT2D eigenvalue weighted by Crippen LogP contribution is 2.19. The summed E-state index contributed by atoms with van der Waals surface area (Å²) in [5, 5.41) is 27.6. The average molecular weight is 565 g/mol. The molecule has 214 valence electrons. The van der Waals surface area contributed by atoms with Gasteiger partial charge in [-0.05, 0) is 49.8 Å². The molecule has 0 radical (unpaired) electrons. The van der Waals surface area contributed by atoms with Crippen molar-refractivity contribution in [3.05, 3.63) is 36.0 Å². The number of carbonyl (C=O) groups is 5. The smallest absolute Gasteiger partial charge is 0.326 e. The zero-order chi connectivity index (χ0) is 29.1. The lowest BCUT2D eigenvalue weighted by atomic mass is 10.0. The lowest BCUT2D eigenvalue weighted by Gasteiger charge is -2.26. The van der Waals surface area contributed by atoms with Gasteiger partial charge in [-0.3, -0.25) is 19.2 Å². The largest absolute Gasteiger partial charge is 0.480 e. The summed E-state index contributed by atoms with van der Waals surface area (Å²) in [6, 6.07) is 2.54. The van der Waals surface area contributed by atoms with Gasteiger partial charge < -0.3 is 42.6 Å². The summed E-state index contributed by atoms with van der Waals surface area (Å²) >= 11 is 1.44. The quantitative estimate of drug-likeness (QED) is 0.124. The van der Waals surface area contributed by atoms with Gasteiger partial charge in [-0.15, -0.1) is 0 Å². The monoisotopic (exact) mass is 564 g/mol. The maximum Gasteiger partial charge on any atom is 0.326 e. The van der Waals surface area contributed by atoms with E-state index in [-0.39, 0.29) is 25.7 Å². The third-order valence-corrected chi connectivity index (χ3v) is 6.70. The molecule has 0 aliphatic heterocycles. The number of aliphatic hydroxyl groups excluding tert-OH is 1. The first-order chi connectivity index (χ1) is 18.4. The molecular formula is C25H36N6O7S. The molecule has 39 heavy (non-hydrogen) atoms. The number of fused-ring (bicyclic) bond motifs is 1. The number of nitrogens with two attached hydrogens (primary N) is 2. The Bertz CT molecular complexity index is 1170.